The van der Waals surface area contributed by atoms with Crippen LogP contribution in [0.1, 0.15) is 13.8 Å². The van der Waals surface area contributed by atoms with E-state index in [9.17, 15) is 9.59 Å². The van der Waals surface area contributed by atoms with Crippen LogP contribution in [0.3, 0.4) is 0 Å². The van der Waals surface area contributed by atoms with Gasteiger partial charge in [-0.25, -0.2) is 20.4 Å². The monoisotopic (exact) mass is 202 g/mol. The smallest absolute Gasteiger partial charge is 0.330 e. The Balaban J connectivity index is 3.89. The van der Waals surface area contributed by atoms with Crippen LogP contribution in [0.25, 0.3) is 0 Å². The highest BCUT2D eigenvalue weighted by Gasteiger charge is 2.10. The second kappa shape index (κ2) is 6.06. The van der Waals surface area contributed by atoms with Gasteiger partial charge in [0, 0.05) is 27.2 Å². The van der Waals surface area contributed by atoms with Gasteiger partial charge < -0.3 is 9.80 Å². The summed E-state index contributed by atoms with van der Waals surface area (Å²) in [5.74, 6) is 0. The zero-order chi connectivity index (χ0) is 11.1. The van der Waals surface area contributed by atoms with Crippen molar-refractivity contribution >= 4 is 12.1 Å². The third-order valence-corrected chi connectivity index (χ3v) is 1.73. The molecule has 0 spiro atoms. The van der Waals surface area contributed by atoms with Crippen LogP contribution in [-0.4, -0.2) is 49.0 Å². The van der Waals surface area contributed by atoms with Crippen LogP contribution in [0, 0.1) is 0 Å². The van der Waals surface area contributed by atoms with Gasteiger partial charge in [0.25, 0.3) is 0 Å². The van der Waals surface area contributed by atoms with Crippen molar-refractivity contribution in [3.8, 4) is 0 Å². The standard InChI is InChI=1S/C8H18N4O2/c1-5-12(6-2)8(14)10-9-7(13)11(3)4/h5-6H2,1-4H3,(H,9,13)(H,10,14). The van der Waals surface area contributed by atoms with Crippen LogP contribution in [-0.2, 0) is 0 Å². The topological polar surface area (TPSA) is 64.7 Å². The molecule has 0 aromatic rings. The average Bonchev–Trinajstić information content (AvgIpc) is 2.15. The minimum atomic E-state index is -0.356. The summed E-state index contributed by atoms with van der Waals surface area (Å²) in [5, 5.41) is 0. The van der Waals surface area contributed by atoms with Gasteiger partial charge in [-0.15, -0.1) is 0 Å². The summed E-state index contributed by atoms with van der Waals surface area (Å²) >= 11 is 0. The molecule has 0 saturated carbocycles. The van der Waals surface area contributed by atoms with Crippen molar-refractivity contribution in [1.29, 1.82) is 0 Å². The van der Waals surface area contributed by atoms with E-state index in [1.807, 2.05) is 13.8 Å². The first-order valence-electron chi connectivity index (χ1n) is 4.55. The summed E-state index contributed by atoms with van der Waals surface area (Å²) in [4.78, 5) is 25.2. The second-order valence-corrected chi connectivity index (χ2v) is 2.93. The van der Waals surface area contributed by atoms with Crippen LogP contribution in [0.5, 0.6) is 0 Å². The van der Waals surface area contributed by atoms with Gasteiger partial charge in [-0.1, -0.05) is 0 Å². The molecule has 6 heteroatoms. The van der Waals surface area contributed by atoms with E-state index < -0.39 is 0 Å². The molecule has 0 aliphatic carbocycles. The Morgan fingerprint density at radius 1 is 1.00 bits per heavy atom. The predicted octanol–water partition coefficient (Wildman–Crippen LogP) is 0.224. The van der Waals surface area contributed by atoms with Crippen LogP contribution in [0.2, 0.25) is 0 Å². The lowest BCUT2D eigenvalue weighted by Crippen LogP contribution is -2.51. The molecule has 0 aliphatic heterocycles. The number of nitrogens with zero attached hydrogens (tertiary/aromatic N) is 2. The number of hydrogen-bond donors (Lipinski definition) is 2. The van der Waals surface area contributed by atoms with E-state index in [1.165, 1.54) is 4.90 Å². The van der Waals surface area contributed by atoms with Crippen LogP contribution in [0.15, 0.2) is 0 Å². The average molecular weight is 202 g/mol. The fourth-order valence-corrected chi connectivity index (χ4v) is 0.809. The van der Waals surface area contributed by atoms with Crippen molar-refractivity contribution < 1.29 is 9.59 Å². The molecule has 2 N–H and O–H groups in total. The molecule has 0 saturated heterocycles. The summed E-state index contributed by atoms with van der Waals surface area (Å²) in [6.07, 6.45) is 0. The van der Waals surface area contributed by atoms with Gasteiger partial charge in [-0.3, -0.25) is 0 Å². The van der Waals surface area contributed by atoms with Crippen molar-refractivity contribution in [2.24, 2.45) is 0 Å². The number of hydrogen-bond acceptors (Lipinski definition) is 2. The first kappa shape index (κ1) is 12.5. The highest BCUT2D eigenvalue weighted by atomic mass is 16.2. The van der Waals surface area contributed by atoms with Crippen molar-refractivity contribution in [3.63, 3.8) is 0 Å². The molecule has 0 radical (unpaired) electrons. The van der Waals surface area contributed by atoms with Gasteiger partial charge in [0.15, 0.2) is 0 Å². The predicted molar refractivity (Wildman–Crippen MR) is 53.7 cm³/mol. The number of amides is 4. The lowest BCUT2D eigenvalue weighted by molar-refractivity contribution is 0.189. The Hall–Kier alpha value is -1.46. The third-order valence-electron chi connectivity index (χ3n) is 1.73. The molecule has 14 heavy (non-hydrogen) atoms. The van der Waals surface area contributed by atoms with Crippen molar-refractivity contribution in [2.45, 2.75) is 13.8 Å². The maximum absolute atomic E-state index is 11.3. The Morgan fingerprint density at radius 3 is 1.79 bits per heavy atom. The number of rotatable bonds is 2. The number of carbonyl (C=O) groups excluding carboxylic acids is 2. The number of hydrazine groups is 1. The number of urea groups is 2. The quantitative estimate of drug-likeness (QED) is 0.629. The Labute approximate surface area is 84.2 Å². The van der Waals surface area contributed by atoms with Gasteiger partial charge in [-0.05, 0) is 13.8 Å². The van der Waals surface area contributed by atoms with E-state index in [2.05, 4.69) is 10.9 Å². The Morgan fingerprint density at radius 2 is 1.43 bits per heavy atom. The van der Waals surface area contributed by atoms with Gasteiger partial charge in [0.1, 0.15) is 0 Å². The normalized spacial score (nSPS) is 9.14. The molecular formula is C8H18N4O2. The van der Waals surface area contributed by atoms with Crippen molar-refractivity contribution in [2.75, 3.05) is 27.2 Å². The molecule has 82 valence electrons. The van der Waals surface area contributed by atoms with Crippen LogP contribution in [0.4, 0.5) is 9.59 Å². The maximum atomic E-state index is 11.3. The van der Waals surface area contributed by atoms with Crippen LogP contribution < -0.4 is 10.9 Å². The largest absolute Gasteiger partial charge is 0.336 e. The summed E-state index contributed by atoms with van der Waals surface area (Å²) < 4.78 is 0. The highest BCUT2D eigenvalue weighted by molar-refractivity contribution is 5.79. The molecule has 6 nitrogen and oxygen atoms in total. The molecule has 0 aromatic heterocycles. The Kier molecular flexibility index (Phi) is 5.43. The maximum Gasteiger partial charge on any atom is 0.336 e. The van der Waals surface area contributed by atoms with Gasteiger partial charge >= 0.3 is 12.1 Å². The lowest BCUT2D eigenvalue weighted by Gasteiger charge is -2.20. The van der Waals surface area contributed by atoms with Crippen LogP contribution >= 0.6 is 0 Å². The van der Waals surface area contributed by atoms with E-state index in [4.69, 9.17) is 0 Å². The lowest BCUT2D eigenvalue weighted by atomic mass is 10.5. The molecule has 0 atom stereocenters. The Bertz CT molecular complexity index is 202. The molecular weight excluding hydrogens is 184 g/mol. The molecule has 4 amide bonds. The zero-order valence-corrected chi connectivity index (χ0v) is 9.13. The summed E-state index contributed by atoms with van der Waals surface area (Å²) in [6.45, 7) is 4.97. The van der Waals surface area contributed by atoms with E-state index in [1.54, 1.807) is 19.0 Å². The minimum absolute atomic E-state index is 0.301. The molecule has 0 aliphatic rings. The number of nitrogens with one attached hydrogen (secondary N) is 2. The first-order valence-corrected chi connectivity index (χ1v) is 4.55. The minimum Gasteiger partial charge on any atom is -0.330 e. The molecule has 0 bridgehead atoms. The van der Waals surface area contributed by atoms with E-state index >= 15 is 0 Å². The first-order chi connectivity index (χ1) is 6.52. The highest BCUT2D eigenvalue weighted by Crippen LogP contribution is 1.86. The zero-order valence-electron chi connectivity index (χ0n) is 9.13. The SMILES string of the molecule is CCN(CC)C(=O)NNC(=O)N(C)C. The van der Waals surface area contributed by atoms with Crippen molar-refractivity contribution in [1.82, 2.24) is 20.7 Å². The molecule has 0 heterocycles. The molecule has 0 rings (SSSR count). The summed E-state index contributed by atoms with van der Waals surface area (Å²) in [6, 6.07) is -0.657. The third kappa shape index (κ3) is 3.97. The van der Waals surface area contributed by atoms with E-state index in [0.717, 1.165) is 0 Å². The van der Waals surface area contributed by atoms with E-state index in [-0.39, 0.29) is 12.1 Å². The van der Waals surface area contributed by atoms with E-state index in [0.29, 0.717) is 13.1 Å². The van der Waals surface area contributed by atoms with Gasteiger partial charge in [-0.2, -0.15) is 0 Å². The van der Waals surface area contributed by atoms with Gasteiger partial charge in [0.05, 0.1) is 0 Å². The second-order valence-electron chi connectivity index (χ2n) is 2.93. The fourth-order valence-electron chi connectivity index (χ4n) is 0.809. The molecule has 0 unspecified atom stereocenters. The molecule has 0 fully saturated rings. The number of carbonyl (C=O) groups is 2. The molecule has 0 aromatic carbocycles. The van der Waals surface area contributed by atoms with Gasteiger partial charge in [0.2, 0.25) is 0 Å². The summed E-state index contributed by atoms with van der Waals surface area (Å²) in [7, 11) is 3.19. The summed E-state index contributed by atoms with van der Waals surface area (Å²) in [5.41, 5.74) is 4.59. The fraction of sp³-hybridized carbons (Fsp3) is 0.750. The van der Waals surface area contributed by atoms with Crippen molar-refractivity contribution in [3.05, 3.63) is 0 Å².